The van der Waals surface area contributed by atoms with Gasteiger partial charge in [0.25, 0.3) is 5.91 Å². The number of esters is 1. The molecule has 2 aromatic rings. The molecule has 0 saturated carbocycles. The molecule has 0 saturated heterocycles. The number of halogens is 2. The average Bonchev–Trinajstić information content (AvgIpc) is 2.67. The van der Waals surface area contributed by atoms with Crippen LogP contribution in [0.5, 0.6) is 5.75 Å². The zero-order valence-electron chi connectivity index (χ0n) is 14.2. The molecule has 0 atom stereocenters. The van der Waals surface area contributed by atoms with Gasteiger partial charge in [-0.15, -0.1) is 0 Å². The van der Waals surface area contributed by atoms with Crippen molar-refractivity contribution in [1.82, 2.24) is 0 Å². The molecule has 2 aromatic carbocycles. The number of ether oxygens (including phenoxy) is 2. The number of anilines is 1. The number of carbonyl (C=O) groups is 2. The van der Waals surface area contributed by atoms with Crippen molar-refractivity contribution in [1.29, 1.82) is 5.26 Å². The fraction of sp³-hybridized carbons (Fsp3) is 0.105. The SMILES string of the molecule is COc1ccc(/C=C(\C#N)C(=O)OCC(=O)Nc2ccc(Cl)cc2F)cc1. The zero-order valence-corrected chi connectivity index (χ0v) is 14.9. The minimum atomic E-state index is -0.972. The third-order valence-electron chi connectivity index (χ3n) is 3.31. The number of hydrogen-bond acceptors (Lipinski definition) is 5. The smallest absolute Gasteiger partial charge is 0.349 e. The van der Waals surface area contributed by atoms with Gasteiger partial charge in [-0.2, -0.15) is 5.26 Å². The summed E-state index contributed by atoms with van der Waals surface area (Å²) in [6, 6.07) is 12.1. The Morgan fingerprint density at radius 3 is 2.56 bits per heavy atom. The van der Waals surface area contributed by atoms with Crippen LogP contribution in [-0.2, 0) is 14.3 Å². The minimum Gasteiger partial charge on any atom is -0.497 e. The second kappa shape index (κ2) is 9.36. The Hall–Kier alpha value is -3.37. The number of nitriles is 1. The van der Waals surface area contributed by atoms with Gasteiger partial charge in [-0.25, -0.2) is 9.18 Å². The Balaban J connectivity index is 1.96. The van der Waals surface area contributed by atoms with Crippen LogP contribution in [0.15, 0.2) is 48.0 Å². The molecular weight excluding hydrogens is 375 g/mol. The summed E-state index contributed by atoms with van der Waals surface area (Å²) in [5.74, 6) is -1.83. The monoisotopic (exact) mass is 388 g/mol. The summed E-state index contributed by atoms with van der Waals surface area (Å²) < 4.78 is 23.4. The van der Waals surface area contributed by atoms with Crippen LogP contribution in [-0.4, -0.2) is 25.6 Å². The van der Waals surface area contributed by atoms with Gasteiger partial charge in [0.1, 0.15) is 23.2 Å². The Kier molecular flexibility index (Phi) is 6.92. The normalized spacial score (nSPS) is 10.7. The van der Waals surface area contributed by atoms with Crippen LogP contribution in [0, 0.1) is 17.1 Å². The van der Waals surface area contributed by atoms with Gasteiger partial charge in [0.2, 0.25) is 0 Å². The standard InChI is InChI=1S/C19H14ClFN2O4/c1-26-15-5-2-12(3-6-15)8-13(10-22)19(25)27-11-18(24)23-17-7-4-14(20)9-16(17)21/h2-9H,11H2,1H3,(H,23,24)/b13-8+. The van der Waals surface area contributed by atoms with Crippen molar-refractivity contribution in [3.63, 3.8) is 0 Å². The second-order valence-electron chi connectivity index (χ2n) is 5.19. The van der Waals surface area contributed by atoms with Gasteiger partial charge < -0.3 is 14.8 Å². The van der Waals surface area contributed by atoms with E-state index in [9.17, 15) is 14.0 Å². The van der Waals surface area contributed by atoms with E-state index in [0.717, 1.165) is 6.07 Å². The van der Waals surface area contributed by atoms with Crippen LogP contribution in [0.4, 0.5) is 10.1 Å². The third kappa shape index (κ3) is 5.83. The van der Waals surface area contributed by atoms with Gasteiger partial charge in [0.05, 0.1) is 12.8 Å². The number of nitrogens with one attached hydrogen (secondary N) is 1. The number of methoxy groups -OCH3 is 1. The number of benzene rings is 2. The van der Waals surface area contributed by atoms with Gasteiger partial charge >= 0.3 is 5.97 Å². The summed E-state index contributed by atoms with van der Waals surface area (Å²) in [6.07, 6.45) is 1.32. The first-order valence-electron chi connectivity index (χ1n) is 7.61. The van der Waals surface area contributed by atoms with Crippen molar-refractivity contribution in [3.05, 3.63) is 64.4 Å². The summed E-state index contributed by atoms with van der Waals surface area (Å²) >= 11 is 5.62. The Morgan fingerprint density at radius 1 is 1.26 bits per heavy atom. The molecule has 0 spiro atoms. The topological polar surface area (TPSA) is 88.4 Å². The van der Waals surface area contributed by atoms with Gasteiger partial charge in [0.15, 0.2) is 6.61 Å². The van der Waals surface area contributed by atoms with Gasteiger partial charge in [0, 0.05) is 5.02 Å². The Morgan fingerprint density at radius 2 is 1.96 bits per heavy atom. The van der Waals surface area contributed by atoms with Crippen LogP contribution in [0.3, 0.4) is 0 Å². The van der Waals surface area contributed by atoms with E-state index >= 15 is 0 Å². The van der Waals surface area contributed by atoms with E-state index in [4.69, 9.17) is 26.3 Å². The molecule has 0 bridgehead atoms. The number of rotatable bonds is 6. The Bertz CT molecular complexity index is 920. The first kappa shape index (κ1) is 19.9. The first-order chi connectivity index (χ1) is 12.9. The van der Waals surface area contributed by atoms with Crippen molar-refractivity contribution in [3.8, 4) is 11.8 Å². The quantitative estimate of drug-likeness (QED) is 0.464. The van der Waals surface area contributed by atoms with Crippen molar-refractivity contribution in [2.45, 2.75) is 0 Å². The minimum absolute atomic E-state index is 0.102. The highest BCUT2D eigenvalue weighted by Gasteiger charge is 2.14. The summed E-state index contributed by atoms with van der Waals surface area (Å²) in [6.45, 7) is -0.678. The van der Waals surface area contributed by atoms with E-state index in [1.54, 1.807) is 30.3 Å². The maximum Gasteiger partial charge on any atom is 0.349 e. The second-order valence-corrected chi connectivity index (χ2v) is 5.63. The van der Waals surface area contributed by atoms with E-state index < -0.39 is 24.3 Å². The van der Waals surface area contributed by atoms with Crippen LogP contribution >= 0.6 is 11.6 Å². The number of carbonyl (C=O) groups excluding carboxylic acids is 2. The lowest BCUT2D eigenvalue weighted by atomic mass is 10.1. The fourth-order valence-corrected chi connectivity index (χ4v) is 2.15. The number of amides is 1. The molecule has 0 fully saturated rings. The molecular formula is C19H14ClFN2O4. The van der Waals surface area contributed by atoms with E-state index in [1.807, 2.05) is 0 Å². The molecule has 0 aliphatic rings. The van der Waals surface area contributed by atoms with Crippen LogP contribution in [0.1, 0.15) is 5.56 Å². The highest BCUT2D eigenvalue weighted by molar-refractivity contribution is 6.30. The summed E-state index contributed by atoms with van der Waals surface area (Å²) in [4.78, 5) is 23.8. The highest BCUT2D eigenvalue weighted by atomic mass is 35.5. The predicted octanol–water partition coefficient (Wildman–Crippen LogP) is 3.58. The van der Waals surface area contributed by atoms with Crippen molar-refractivity contribution >= 4 is 35.2 Å². The fourth-order valence-electron chi connectivity index (χ4n) is 1.99. The Labute approximate surface area is 159 Å². The molecule has 0 radical (unpaired) electrons. The van der Waals surface area contributed by atoms with Gasteiger partial charge in [-0.3, -0.25) is 4.79 Å². The zero-order chi connectivity index (χ0) is 19.8. The molecule has 1 N–H and O–H groups in total. The average molecular weight is 389 g/mol. The number of nitrogens with zero attached hydrogens (tertiary/aromatic N) is 1. The van der Waals surface area contributed by atoms with Gasteiger partial charge in [-0.05, 0) is 42.0 Å². The lowest BCUT2D eigenvalue weighted by Crippen LogP contribution is -2.21. The molecule has 138 valence electrons. The highest BCUT2D eigenvalue weighted by Crippen LogP contribution is 2.19. The summed E-state index contributed by atoms with van der Waals surface area (Å²) in [5, 5.41) is 11.5. The molecule has 0 heterocycles. The first-order valence-corrected chi connectivity index (χ1v) is 7.98. The van der Waals surface area contributed by atoms with Crippen molar-refractivity contribution < 1.29 is 23.5 Å². The lowest BCUT2D eigenvalue weighted by Gasteiger charge is -2.07. The van der Waals surface area contributed by atoms with Crippen molar-refractivity contribution in [2.24, 2.45) is 0 Å². The van der Waals surface area contributed by atoms with E-state index in [0.29, 0.717) is 11.3 Å². The molecule has 1 amide bonds. The lowest BCUT2D eigenvalue weighted by molar-refractivity contribution is -0.142. The predicted molar refractivity (Wildman–Crippen MR) is 97.6 cm³/mol. The van der Waals surface area contributed by atoms with Crippen LogP contribution in [0.2, 0.25) is 5.02 Å². The molecule has 2 rings (SSSR count). The molecule has 6 nitrogen and oxygen atoms in total. The van der Waals surface area contributed by atoms with E-state index in [1.165, 1.54) is 25.3 Å². The maximum absolute atomic E-state index is 13.6. The molecule has 0 aliphatic heterocycles. The van der Waals surface area contributed by atoms with Crippen LogP contribution in [0.25, 0.3) is 6.08 Å². The largest absolute Gasteiger partial charge is 0.497 e. The molecule has 8 heteroatoms. The van der Waals surface area contributed by atoms with E-state index in [2.05, 4.69) is 5.32 Å². The maximum atomic E-state index is 13.6. The van der Waals surface area contributed by atoms with Crippen molar-refractivity contribution in [2.75, 3.05) is 19.0 Å². The molecule has 0 aliphatic carbocycles. The summed E-state index contributed by atoms with van der Waals surface area (Å²) in [7, 11) is 1.52. The van der Waals surface area contributed by atoms with E-state index in [-0.39, 0.29) is 16.3 Å². The van der Waals surface area contributed by atoms with Crippen LogP contribution < -0.4 is 10.1 Å². The number of hydrogen-bond donors (Lipinski definition) is 1. The molecule has 0 unspecified atom stereocenters. The molecule has 0 aromatic heterocycles. The van der Waals surface area contributed by atoms with Gasteiger partial charge in [-0.1, -0.05) is 23.7 Å². The summed E-state index contributed by atoms with van der Waals surface area (Å²) in [5.41, 5.74) is 0.192. The molecule has 27 heavy (non-hydrogen) atoms. The third-order valence-corrected chi connectivity index (χ3v) is 3.54.